The van der Waals surface area contributed by atoms with Crippen LogP contribution in [0.15, 0.2) is 24.3 Å². The molecule has 1 N–H and O–H groups in total. The van der Waals surface area contributed by atoms with Crippen LogP contribution in [0.4, 0.5) is 4.39 Å². The van der Waals surface area contributed by atoms with Crippen LogP contribution in [0.25, 0.3) is 0 Å². The molecule has 0 saturated carbocycles. The highest BCUT2D eigenvalue weighted by atomic mass is 19.1. The molecular weight excluding hydrogens is 217 g/mol. The third kappa shape index (κ3) is 4.44. The molecule has 96 valence electrons. The lowest BCUT2D eigenvalue weighted by Gasteiger charge is -2.26. The van der Waals surface area contributed by atoms with Crippen LogP contribution in [-0.2, 0) is 4.74 Å². The first-order valence-electron chi connectivity index (χ1n) is 5.96. The predicted molar refractivity (Wildman–Crippen MR) is 68.5 cm³/mol. The van der Waals surface area contributed by atoms with Gasteiger partial charge in [0.05, 0.1) is 5.60 Å². The molecule has 0 fully saturated rings. The maximum absolute atomic E-state index is 12.8. The highest BCUT2D eigenvalue weighted by Crippen LogP contribution is 2.24. The molecule has 1 aromatic carbocycles. The summed E-state index contributed by atoms with van der Waals surface area (Å²) in [6, 6.07) is 6.90. The minimum atomic E-state index is -0.194. The molecule has 2 nitrogen and oxygen atoms in total. The van der Waals surface area contributed by atoms with Crippen molar-refractivity contribution in [3.05, 3.63) is 35.6 Å². The van der Waals surface area contributed by atoms with Crippen LogP contribution >= 0.6 is 0 Å². The second-order valence-corrected chi connectivity index (χ2v) is 4.90. The van der Waals surface area contributed by atoms with Crippen LogP contribution < -0.4 is 5.32 Å². The number of benzene rings is 1. The van der Waals surface area contributed by atoms with Crippen molar-refractivity contribution in [3.63, 3.8) is 0 Å². The molecule has 0 heterocycles. The zero-order valence-corrected chi connectivity index (χ0v) is 11.1. The van der Waals surface area contributed by atoms with Gasteiger partial charge in [0.25, 0.3) is 0 Å². The van der Waals surface area contributed by atoms with Crippen LogP contribution in [0.1, 0.15) is 38.3 Å². The molecule has 0 aliphatic heterocycles. The van der Waals surface area contributed by atoms with Crippen molar-refractivity contribution in [1.29, 1.82) is 0 Å². The summed E-state index contributed by atoms with van der Waals surface area (Å²) < 4.78 is 18.2. The number of hydrogen-bond donors (Lipinski definition) is 1. The predicted octanol–water partition coefficient (Wildman–Crippen LogP) is 3.29. The minimum absolute atomic E-state index is 0.116. The first-order valence-corrected chi connectivity index (χ1v) is 5.96. The SMILES string of the molecule is CNC(CCC(C)(C)OC)c1ccc(F)cc1. The average molecular weight is 239 g/mol. The number of hydrogen-bond acceptors (Lipinski definition) is 2. The maximum Gasteiger partial charge on any atom is 0.123 e. The molecule has 0 aliphatic carbocycles. The van der Waals surface area contributed by atoms with Crippen LogP contribution in [0.2, 0.25) is 0 Å². The number of nitrogens with one attached hydrogen (secondary N) is 1. The molecule has 0 aliphatic rings. The van der Waals surface area contributed by atoms with E-state index in [0.29, 0.717) is 0 Å². The monoisotopic (exact) mass is 239 g/mol. The minimum Gasteiger partial charge on any atom is -0.379 e. The molecule has 17 heavy (non-hydrogen) atoms. The van der Waals surface area contributed by atoms with Gasteiger partial charge in [0, 0.05) is 13.2 Å². The molecule has 0 aromatic heterocycles. The van der Waals surface area contributed by atoms with Crippen molar-refractivity contribution in [2.24, 2.45) is 0 Å². The second kappa shape index (κ2) is 6.12. The van der Waals surface area contributed by atoms with Crippen molar-refractivity contribution in [2.45, 2.75) is 38.3 Å². The molecule has 0 radical (unpaired) electrons. The van der Waals surface area contributed by atoms with Crippen LogP contribution in [0.5, 0.6) is 0 Å². The van der Waals surface area contributed by atoms with Crippen molar-refractivity contribution >= 4 is 0 Å². The highest BCUT2D eigenvalue weighted by Gasteiger charge is 2.19. The fourth-order valence-electron chi connectivity index (χ4n) is 1.77. The van der Waals surface area contributed by atoms with Gasteiger partial charge in [-0.1, -0.05) is 12.1 Å². The smallest absolute Gasteiger partial charge is 0.123 e. The Kier molecular flexibility index (Phi) is 5.09. The summed E-state index contributed by atoms with van der Waals surface area (Å²) in [5, 5.41) is 3.26. The number of rotatable bonds is 6. The lowest BCUT2D eigenvalue weighted by molar-refractivity contribution is 0.0118. The van der Waals surface area contributed by atoms with E-state index in [1.54, 1.807) is 7.11 Å². The Morgan fingerprint density at radius 3 is 2.35 bits per heavy atom. The summed E-state index contributed by atoms with van der Waals surface area (Å²) in [6.45, 7) is 4.15. The van der Waals surface area contributed by atoms with E-state index in [2.05, 4.69) is 19.2 Å². The zero-order valence-electron chi connectivity index (χ0n) is 11.1. The van der Waals surface area contributed by atoms with Gasteiger partial charge in [0.1, 0.15) is 5.82 Å². The number of ether oxygens (including phenoxy) is 1. The molecule has 0 spiro atoms. The zero-order chi connectivity index (χ0) is 12.9. The van der Waals surface area contributed by atoms with Gasteiger partial charge < -0.3 is 10.1 Å². The third-order valence-corrected chi connectivity index (χ3v) is 3.21. The van der Waals surface area contributed by atoms with Gasteiger partial charge >= 0.3 is 0 Å². The fraction of sp³-hybridized carbons (Fsp3) is 0.571. The Bertz CT molecular complexity index is 335. The Balaban J connectivity index is 2.63. The first-order chi connectivity index (χ1) is 7.98. The van der Waals surface area contributed by atoms with Gasteiger partial charge in [-0.2, -0.15) is 0 Å². The summed E-state index contributed by atoms with van der Waals surface area (Å²) >= 11 is 0. The van der Waals surface area contributed by atoms with Gasteiger partial charge in [-0.25, -0.2) is 4.39 Å². The van der Waals surface area contributed by atoms with E-state index >= 15 is 0 Å². The summed E-state index contributed by atoms with van der Waals surface area (Å²) in [7, 11) is 3.65. The Labute approximate surface area is 103 Å². The van der Waals surface area contributed by atoms with Crippen molar-refractivity contribution < 1.29 is 9.13 Å². The van der Waals surface area contributed by atoms with E-state index in [1.807, 2.05) is 19.2 Å². The second-order valence-electron chi connectivity index (χ2n) is 4.90. The highest BCUT2D eigenvalue weighted by molar-refractivity contribution is 5.19. The molecule has 1 aromatic rings. The topological polar surface area (TPSA) is 21.3 Å². The molecule has 1 rings (SSSR count). The summed E-state index contributed by atoms with van der Waals surface area (Å²) in [6.07, 6.45) is 1.91. The lowest BCUT2D eigenvalue weighted by atomic mass is 9.95. The molecule has 0 amide bonds. The molecule has 0 bridgehead atoms. The van der Waals surface area contributed by atoms with Crippen LogP contribution in [0.3, 0.4) is 0 Å². The summed E-state index contributed by atoms with van der Waals surface area (Å²) in [5.74, 6) is -0.194. The van der Waals surface area contributed by atoms with Gasteiger partial charge in [-0.3, -0.25) is 0 Å². The number of halogens is 1. The van der Waals surface area contributed by atoms with E-state index in [4.69, 9.17) is 4.74 Å². The average Bonchev–Trinajstić information content (AvgIpc) is 2.32. The Hall–Kier alpha value is -0.930. The van der Waals surface area contributed by atoms with Crippen molar-refractivity contribution in [1.82, 2.24) is 5.32 Å². The molecule has 1 atom stereocenters. The summed E-state index contributed by atoms with van der Waals surface area (Å²) in [4.78, 5) is 0. The molecule has 1 unspecified atom stereocenters. The Morgan fingerprint density at radius 1 is 1.29 bits per heavy atom. The van der Waals surface area contributed by atoms with Crippen LogP contribution in [0, 0.1) is 5.82 Å². The molecule has 3 heteroatoms. The quantitative estimate of drug-likeness (QED) is 0.822. The van der Waals surface area contributed by atoms with Gasteiger partial charge in [-0.05, 0) is 51.4 Å². The van der Waals surface area contributed by atoms with Gasteiger partial charge in [-0.15, -0.1) is 0 Å². The Morgan fingerprint density at radius 2 is 1.88 bits per heavy atom. The van der Waals surface area contributed by atoms with Crippen molar-refractivity contribution in [2.75, 3.05) is 14.2 Å². The van der Waals surface area contributed by atoms with E-state index in [-0.39, 0.29) is 17.5 Å². The van der Waals surface area contributed by atoms with Crippen molar-refractivity contribution in [3.8, 4) is 0 Å². The summed E-state index contributed by atoms with van der Waals surface area (Å²) in [5.41, 5.74) is 0.996. The standard InChI is InChI=1S/C14H22FNO/c1-14(2,17-4)10-9-13(16-3)11-5-7-12(15)8-6-11/h5-8,13,16H,9-10H2,1-4H3. The van der Waals surface area contributed by atoms with E-state index in [1.165, 1.54) is 12.1 Å². The molecule has 0 saturated heterocycles. The van der Waals surface area contributed by atoms with E-state index in [9.17, 15) is 4.39 Å². The van der Waals surface area contributed by atoms with Crippen LogP contribution in [-0.4, -0.2) is 19.8 Å². The third-order valence-electron chi connectivity index (χ3n) is 3.21. The molecular formula is C14H22FNO. The largest absolute Gasteiger partial charge is 0.379 e. The van der Waals surface area contributed by atoms with E-state index < -0.39 is 0 Å². The lowest BCUT2D eigenvalue weighted by Crippen LogP contribution is -2.25. The number of methoxy groups -OCH3 is 1. The normalized spacial score (nSPS) is 13.7. The van der Waals surface area contributed by atoms with Gasteiger partial charge in [0.15, 0.2) is 0 Å². The van der Waals surface area contributed by atoms with E-state index in [0.717, 1.165) is 18.4 Å². The maximum atomic E-state index is 12.8. The van der Waals surface area contributed by atoms with Gasteiger partial charge in [0.2, 0.25) is 0 Å². The first kappa shape index (κ1) is 14.1. The fourth-order valence-corrected chi connectivity index (χ4v) is 1.77.